The average Bonchev–Trinajstić information content (AvgIpc) is 3.12. The van der Waals surface area contributed by atoms with E-state index in [-0.39, 0.29) is 30.1 Å². The van der Waals surface area contributed by atoms with Crippen molar-refractivity contribution >= 4 is 67.7 Å². The van der Waals surface area contributed by atoms with Crippen molar-refractivity contribution in [3.63, 3.8) is 0 Å². The van der Waals surface area contributed by atoms with Crippen LogP contribution < -0.4 is 16.0 Å². The summed E-state index contributed by atoms with van der Waals surface area (Å²) in [5.41, 5.74) is 2.75. The van der Waals surface area contributed by atoms with Gasteiger partial charge >= 0.3 is 0 Å². The van der Waals surface area contributed by atoms with E-state index in [0.29, 0.717) is 22.3 Å². The van der Waals surface area contributed by atoms with Crippen LogP contribution in [0.1, 0.15) is 32.8 Å². The van der Waals surface area contributed by atoms with Crippen molar-refractivity contribution in [2.45, 2.75) is 32.4 Å². The number of carbonyl (C=O) groups excluding carboxylic acids is 3. The Labute approximate surface area is 204 Å². The van der Waals surface area contributed by atoms with Gasteiger partial charge in [0.2, 0.25) is 17.7 Å². The Hall–Kier alpha value is -2.98. The summed E-state index contributed by atoms with van der Waals surface area (Å²) in [4.78, 5) is 36.5. The Morgan fingerprint density at radius 2 is 1.85 bits per heavy atom. The number of hydrogen-bond acceptors (Lipinski definition) is 6. The lowest BCUT2D eigenvalue weighted by molar-refractivity contribution is -0.122. The molecule has 3 rings (SSSR count). The van der Waals surface area contributed by atoms with Crippen LogP contribution in [0.2, 0.25) is 0 Å². The molecule has 1 aliphatic heterocycles. The number of benzene rings is 2. The molecule has 0 aromatic heterocycles. The van der Waals surface area contributed by atoms with Gasteiger partial charge in [-0.3, -0.25) is 14.4 Å². The van der Waals surface area contributed by atoms with Crippen LogP contribution >= 0.6 is 27.7 Å². The lowest BCUT2D eigenvalue weighted by Gasteiger charge is -2.09. The first-order valence-corrected chi connectivity index (χ1v) is 11.9. The van der Waals surface area contributed by atoms with Crippen LogP contribution in [0.5, 0.6) is 0 Å². The smallest absolute Gasteiger partial charge is 0.240 e. The number of amidine groups is 1. The zero-order valence-electron chi connectivity index (χ0n) is 18.4. The van der Waals surface area contributed by atoms with E-state index in [1.54, 1.807) is 25.1 Å². The summed E-state index contributed by atoms with van der Waals surface area (Å²) in [6.07, 6.45) is 0.0197. The molecule has 33 heavy (non-hydrogen) atoms. The van der Waals surface area contributed by atoms with Gasteiger partial charge in [-0.25, -0.2) is 0 Å². The van der Waals surface area contributed by atoms with E-state index >= 15 is 0 Å². The van der Waals surface area contributed by atoms with E-state index in [9.17, 15) is 14.4 Å². The number of hydrogen-bond donors (Lipinski definition) is 3. The highest BCUT2D eigenvalue weighted by molar-refractivity contribution is 9.10. The van der Waals surface area contributed by atoms with Crippen molar-refractivity contribution in [3.8, 4) is 0 Å². The molecule has 1 atom stereocenters. The Morgan fingerprint density at radius 1 is 1.12 bits per heavy atom. The molecule has 0 aliphatic carbocycles. The summed E-state index contributed by atoms with van der Waals surface area (Å²) < 4.78 is 0.912. The minimum absolute atomic E-state index is 0.0197. The number of halogens is 1. The number of anilines is 2. The molecule has 3 N–H and O–H groups in total. The van der Waals surface area contributed by atoms with Crippen molar-refractivity contribution < 1.29 is 14.4 Å². The summed E-state index contributed by atoms with van der Waals surface area (Å²) in [5.74, 6) is -0.730. The van der Waals surface area contributed by atoms with Gasteiger partial charge in [0, 0.05) is 28.2 Å². The molecule has 172 valence electrons. The molecule has 2 aromatic carbocycles. The van der Waals surface area contributed by atoms with Gasteiger partial charge in [0.1, 0.15) is 5.25 Å². The maximum absolute atomic E-state index is 12.3. The number of amides is 3. The Kier molecular flexibility index (Phi) is 8.40. The van der Waals surface area contributed by atoms with Crippen LogP contribution in [0.3, 0.4) is 0 Å². The van der Waals surface area contributed by atoms with E-state index in [4.69, 9.17) is 0 Å². The second-order valence-corrected chi connectivity index (χ2v) is 9.78. The molecule has 1 heterocycles. The molecule has 2 aromatic rings. The third-order valence-corrected chi connectivity index (χ3v) is 6.24. The SMILES string of the molecule is C/C(=N/N=C1\NC(=O)[C@H](CC(=O)Nc2ccc(Br)cc2)S1)c1cccc(NC(=O)C(C)C)c1. The van der Waals surface area contributed by atoms with Crippen molar-refractivity contribution in [2.75, 3.05) is 10.6 Å². The molecular formula is C23H24BrN5O3S. The van der Waals surface area contributed by atoms with E-state index < -0.39 is 5.25 Å². The monoisotopic (exact) mass is 529 g/mol. The first-order chi connectivity index (χ1) is 15.7. The molecule has 0 spiro atoms. The largest absolute Gasteiger partial charge is 0.326 e. The topological polar surface area (TPSA) is 112 Å². The number of nitrogens with one attached hydrogen (secondary N) is 3. The second kappa shape index (κ2) is 11.2. The molecule has 1 fully saturated rings. The van der Waals surface area contributed by atoms with Gasteiger partial charge < -0.3 is 16.0 Å². The molecule has 10 heteroatoms. The van der Waals surface area contributed by atoms with Crippen LogP contribution in [0.4, 0.5) is 11.4 Å². The summed E-state index contributed by atoms with van der Waals surface area (Å²) in [7, 11) is 0. The van der Waals surface area contributed by atoms with Crippen molar-refractivity contribution in [1.82, 2.24) is 5.32 Å². The van der Waals surface area contributed by atoms with Gasteiger partial charge in [0.05, 0.1) is 5.71 Å². The molecule has 3 amide bonds. The maximum Gasteiger partial charge on any atom is 0.240 e. The highest BCUT2D eigenvalue weighted by Crippen LogP contribution is 2.24. The highest BCUT2D eigenvalue weighted by atomic mass is 79.9. The third kappa shape index (κ3) is 7.26. The van der Waals surface area contributed by atoms with Crippen LogP contribution in [0, 0.1) is 5.92 Å². The predicted octanol–water partition coefficient (Wildman–Crippen LogP) is 4.38. The lowest BCUT2D eigenvalue weighted by atomic mass is 10.1. The van der Waals surface area contributed by atoms with Gasteiger partial charge in [0.15, 0.2) is 5.17 Å². The van der Waals surface area contributed by atoms with E-state index in [0.717, 1.165) is 10.0 Å². The van der Waals surface area contributed by atoms with Crippen LogP contribution in [0.15, 0.2) is 63.2 Å². The van der Waals surface area contributed by atoms with Gasteiger partial charge in [-0.05, 0) is 48.9 Å². The Morgan fingerprint density at radius 3 is 2.55 bits per heavy atom. The summed E-state index contributed by atoms with van der Waals surface area (Å²) in [5, 5.41) is 16.4. The van der Waals surface area contributed by atoms with E-state index in [1.165, 1.54) is 11.8 Å². The second-order valence-electron chi connectivity index (χ2n) is 7.67. The van der Waals surface area contributed by atoms with Crippen molar-refractivity contribution in [1.29, 1.82) is 0 Å². The third-order valence-electron chi connectivity index (χ3n) is 4.64. The number of thioether (sulfide) groups is 1. The lowest BCUT2D eigenvalue weighted by Crippen LogP contribution is -2.28. The van der Waals surface area contributed by atoms with Gasteiger partial charge in [-0.2, -0.15) is 5.10 Å². The fraction of sp³-hybridized carbons (Fsp3) is 0.261. The molecule has 0 radical (unpaired) electrons. The van der Waals surface area contributed by atoms with Gasteiger partial charge in [-0.15, -0.1) is 5.10 Å². The normalized spacial score (nSPS) is 17.2. The van der Waals surface area contributed by atoms with Crippen molar-refractivity contribution in [2.24, 2.45) is 16.1 Å². The summed E-state index contributed by atoms with van der Waals surface area (Å²) >= 11 is 4.51. The summed E-state index contributed by atoms with van der Waals surface area (Å²) in [6, 6.07) is 14.5. The molecule has 0 saturated carbocycles. The highest BCUT2D eigenvalue weighted by Gasteiger charge is 2.32. The molecule has 0 unspecified atom stereocenters. The predicted molar refractivity (Wildman–Crippen MR) is 136 cm³/mol. The minimum Gasteiger partial charge on any atom is -0.326 e. The maximum atomic E-state index is 12.3. The van der Waals surface area contributed by atoms with Gasteiger partial charge in [-0.1, -0.05) is 53.7 Å². The standard InChI is InChI=1S/C23H24BrN5O3S/c1-13(2)21(31)26-18-6-4-5-15(11-18)14(3)28-29-23-27-22(32)19(33-23)12-20(30)25-17-9-7-16(24)8-10-17/h4-11,13,19H,12H2,1-3H3,(H,25,30)(H,26,31)(H,27,29,32)/b28-14-/t19-/m0/s1. The zero-order chi connectivity index (χ0) is 24.0. The molecule has 8 nitrogen and oxygen atoms in total. The molecule has 1 aliphatic rings. The van der Waals surface area contributed by atoms with Crippen molar-refractivity contribution in [3.05, 3.63) is 58.6 Å². The fourth-order valence-corrected chi connectivity index (χ4v) is 3.97. The summed E-state index contributed by atoms with van der Waals surface area (Å²) in [6.45, 7) is 5.44. The van der Waals surface area contributed by atoms with Gasteiger partial charge in [0.25, 0.3) is 0 Å². The molecule has 0 bridgehead atoms. The number of nitrogens with zero attached hydrogens (tertiary/aromatic N) is 2. The number of carbonyl (C=O) groups is 3. The fourth-order valence-electron chi connectivity index (χ4n) is 2.79. The number of rotatable bonds is 7. The quantitative estimate of drug-likeness (QED) is 0.364. The first-order valence-electron chi connectivity index (χ1n) is 10.3. The Bertz CT molecular complexity index is 1120. The first kappa shape index (κ1) is 24.7. The van der Waals surface area contributed by atoms with Crippen LogP contribution in [-0.4, -0.2) is 33.9 Å². The zero-order valence-corrected chi connectivity index (χ0v) is 20.8. The Balaban J connectivity index is 1.60. The molecular weight excluding hydrogens is 506 g/mol. The minimum atomic E-state index is -0.579. The van der Waals surface area contributed by atoms with E-state index in [1.807, 2.05) is 44.2 Å². The van der Waals surface area contributed by atoms with Crippen LogP contribution in [0.25, 0.3) is 0 Å². The molecule has 1 saturated heterocycles. The average molecular weight is 530 g/mol. The van der Waals surface area contributed by atoms with Crippen LogP contribution in [-0.2, 0) is 14.4 Å². The van der Waals surface area contributed by atoms with E-state index in [2.05, 4.69) is 42.1 Å².